The van der Waals surface area contributed by atoms with Crippen molar-refractivity contribution in [2.24, 2.45) is 0 Å². The zero-order chi connectivity index (χ0) is 19.9. The van der Waals surface area contributed by atoms with Gasteiger partial charge in [0, 0.05) is 0 Å². The molecule has 0 saturated heterocycles. The van der Waals surface area contributed by atoms with Crippen LogP contribution in [0.5, 0.6) is 11.5 Å². The molecule has 0 aromatic heterocycles. The van der Waals surface area contributed by atoms with Crippen molar-refractivity contribution in [1.82, 2.24) is 4.72 Å². The molecule has 2 rings (SSSR count). The van der Waals surface area contributed by atoms with Crippen LogP contribution in [0.4, 0.5) is 0 Å². The third kappa shape index (κ3) is 4.48. The Bertz CT molecular complexity index is 952. The van der Waals surface area contributed by atoms with E-state index in [9.17, 15) is 27.0 Å². The summed E-state index contributed by atoms with van der Waals surface area (Å²) in [7, 11) is -8.49. The maximum absolute atomic E-state index is 12.3. The summed E-state index contributed by atoms with van der Waals surface area (Å²) in [6.45, 7) is 0. The molecule has 0 saturated carbocycles. The summed E-state index contributed by atoms with van der Waals surface area (Å²) in [4.78, 5) is -0.836. The zero-order valence-corrected chi connectivity index (χ0v) is 17.0. The van der Waals surface area contributed by atoms with Crippen molar-refractivity contribution in [2.45, 2.75) is 9.79 Å². The van der Waals surface area contributed by atoms with Gasteiger partial charge in [0.2, 0.25) is 10.0 Å². The van der Waals surface area contributed by atoms with E-state index in [0.29, 0.717) is 0 Å². The summed E-state index contributed by atoms with van der Waals surface area (Å²) in [6.07, 6.45) is 0. The van der Waals surface area contributed by atoms with E-state index < -0.39 is 47.0 Å². The van der Waals surface area contributed by atoms with E-state index in [0.717, 1.165) is 24.3 Å². The summed E-state index contributed by atoms with van der Waals surface area (Å²) < 4.78 is 51.0. The minimum absolute atomic E-state index is 0.309. The van der Waals surface area contributed by atoms with Gasteiger partial charge in [-0.3, -0.25) is 0 Å². The van der Waals surface area contributed by atoms with Gasteiger partial charge in [0.05, 0.1) is 29.9 Å². The Hall–Kier alpha value is -0.940. The second kappa shape index (κ2) is 7.59. The first-order valence-electron chi connectivity index (χ1n) is 6.43. The smallest absolute Gasteiger partial charge is 0.241 e. The lowest BCUT2D eigenvalue weighted by Crippen LogP contribution is -2.29. The molecule has 0 amide bonds. The first-order valence-corrected chi connectivity index (χ1v) is 11.1. The molecule has 0 heterocycles. The highest BCUT2D eigenvalue weighted by atomic mass is 35.5. The van der Waals surface area contributed by atoms with E-state index in [1.54, 1.807) is 0 Å². The van der Waals surface area contributed by atoms with E-state index >= 15 is 0 Å². The Balaban J connectivity index is 2.32. The minimum atomic E-state index is -4.32. The molecular weight excluding hydrogens is 472 g/mol. The second-order valence-corrected chi connectivity index (χ2v) is 10.3. The number of sulfonamides is 1. The number of nitrogens with one attached hydrogen (secondary N) is 1. The van der Waals surface area contributed by atoms with E-state index in [2.05, 4.69) is 0 Å². The van der Waals surface area contributed by atoms with E-state index in [1.807, 2.05) is 4.72 Å². The second-order valence-electron chi connectivity index (χ2n) is 4.88. The van der Waals surface area contributed by atoms with Crippen LogP contribution in [0.3, 0.4) is 0 Å². The van der Waals surface area contributed by atoms with Gasteiger partial charge in [0.1, 0.15) is 5.88 Å². The molecule has 7 nitrogen and oxygen atoms in total. The third-order valence-corrected chi connectivity index (χ3v) is 7.28. The topological polar surface area (TPSA) is 121 Å². The maximum Gasteiger partial charge on any atom is 0.241 e. The number of rotatable bonds is 5. The van der Waals surface area contributed by atoms with Crippen molar-refractivity contribution < 1.29 is 27.0 Å². The minimum Gasteiger partial charge on any atom is -0.505 e. The Morgan fingerprint density at radius 1 is 0.731 bits per heavy atom. The average molecular weight is 481 g/mol. The standard InChI is InChI=1S/C13H9Cl4NO6S2/c14-8-1-6(2-9(15)12(8)19)25(21,22)5-18-26(23,24)7-3-10(16)13(20)11(17)4-7/h1-4,18-20H,5H2. The van der Waals surface area contributed by atoms with Gasteiger partial charge < -0.3 is 10.2 Å². The molecule has 3 N–H and O–H groups in total. The first kappa shape index (κ1) is 21.4. The fraction of sp³-hybridized carbons (Fsp3) is 0.0769. The molecule has 0 radical (unpaired) electrons. The molecule has 2 aromatic carbocycles. The van der Waals surface area contributed by atoms with Crippen LogP contribution in [0.15, 0.2) is 34.1 Å². The highest BCUT2D eigenvalue weighted by molar-refractivity contribution is 7.94. The molecule has 0 unspecified atom stereocenters. The van der Waals surface area contributed by atoms with Gasteiger partial charge in [-0.25, -0.2) is 16.8 Å². The molecule has 0 atom stereocenters. The van der Waals surface area contributed by atoms with Crippen molar-refractivity contribution in [3.63, 3.8) is 0 Å². The molecule has 0 aliphatic heterocycles. The van der Waals surface area contributed by atoms with Crippen LogP contribution in [0.1, 0.15) is 0 Å². The zero-order valence-electron chi connectivity index (χ0n) is 12.4. The van der Waals surface area contributed by atoms with Gasteiger partial charge >= 0.3 is 0 Å². The summed E-state index contributed by atoms with van der Waals surface area (Å²) in [5.41, 5.74) is 0. The number of phenolic OH excluding ortho intramolecular Hbond substituents is 2. The Labute approximate surface area is 169 Å². The van der Waals surface area contributed by atoms with Crippen LogP contribution in [-0.4, -0.2) is 32.9 Å². The van der Waals surface area contributed by atoms with Crippen molar-refractivity contribution in [3.05, 3.63) is 44.4 Å². The van der Waals surface area contributed by atoms with Crippen LogP contribution in [-0.2, 0) is 19.9 Å². The summed E-state index contributed by atoms with van der Waals surface area (Å²) in [5, 5.41) is 17.7. The fourth-order valence-corrected chi connectivity index (χ4v) is 5.69. The average Bonchev–Trinajstić information content (AvgIpc) is 2.55. The van der Waals surface area contributed by atoms with Crippen molar-refractivity contribution >= 4 is 66.3 Å². The monoisotopic (exact) mass is 479 g/mol. The number of hydrogen-bond acceptors (Lipinski definition) is 6. The predicted molar refractivity (Wildman–Crippen MR) is 98.6 cm³/mol. The third-order valence-electron chi connectivity index (χ3n) is 3.09. The number of halogens is 4. The highest BCUT2D eigenvalue weighted by Gasteiger charge is 2.24. The fourth-order valence-electron chi connectivity index (χ4n) is 1.74. The number of phenols is 2. The lowest BCUT2D eigenvalue weighted by molar-refractivity contribution is 0.474. The summed E-state index contributed by atoms with van der Waals surface area (Å²) >= 11 is 22.7. The molecule has 0 aliphatic carbocycles. The number of benzene rings is 2. The molecule has 13 heteroatoms. The maximum atomic E-state index is 12.3. The van der Waals surface area contributed by atoms with Crippen LogP contribution < -0.4 is 4.72 Å². The van der Waals surface area contributed by atoms with Crippen molar-refractivity contribution in [2.75, 3.05) is 5.88 Å². The van der Waals surface area contributed by atoms with Gasteiger partial charge in [0.15, 0.2) is 21.3 Å². The molecular formula is C13H9Cl4NO6S2. The molecule has 142 valence electrons. The summed E-state index contributed by atoms with van der Waals surface area (Å²) in [6, 6.07) is 3.68. The molecule has 0 bridgehead atoms. The van der Waals surface area contributed by atoms with Gasteiger partial charge in [-0.1, -0.05) is 46.4 Å². The van der Waals surface area contributed by atoms with E-state index in [-0.39, 0.29) is 20.1 Å². The normalized spacial score (nSPS) is 12.3. The largest absolute Gasteiger partial charge is 0.505 e. The van der Waals surface area contributed by atoms with Crippen molar-refractivity contribution in [3.8, 4) is 11.5 Å². The Kier molecular flexibility index (Phi) is 6.23. The van der Waals surface area contributed by atoms with Crippen LogP contribution in [0, 0.1) is 0 Å². The van der Waals surface area contributed by atoms with E-state index in [4.69, 9.17) is 46.4 Å². The van der Waals surface area contributed by atoms with Crippen LogP contribution in [0.2, 0.25) is 20.1 Å². The van der Waals surface area contributed by atoms with Gasteiger partial charge in [0.25, 0.3) is 0 Å². The molecule has 0 aliphatic rings. The Morgan fingerprint density at radius 3 is 1.46 bits per heavy atom. The first-order chi connectivity index (χ1) is 11.8. The predicted octanol–water partition coefficient (Wildman–Crippen LogP) is 3.42. The molecule has 26 heavy (non-hydrogen) atoms. The lowest BCUT2D eigenvalue weighted by atomic mass is 10.3. The van der Waals surface area contributed by atoms with Gasteiger partial charge in [-0.15, -0.1) is 0 Å². The number of aromatic hydroxyl groups is 2. The van der Waals surface area contributed by atoms with Crippen molar-refractivity contribution in [1.29, 1.82) is 0 Å². The molecule has 0 spiro atoms. The van der Waals surface area contributed by atoms with Gasteiger partial charge in [-0.05, 0) is 24.3 Å². The van der Waals surface area contributed by atoms with E-state index in [1.165, 1.54) is 0 Å². The summed E-state index contributed by atoms with van der Waals surface area (Å²) in [5.74, 6) is -2.03. The SMILES string of the molecule is O=S(=O)(CNS(=O)(=O)c1cc(Cl)c(O)c(Cl)c1)c1cc(Cl)c(O)c(Cl)c1. The highest BCUT2D eigenvalue weighted by Crippen LogP contribution is 2.35. The lowest BCUT2D eigenvalue weighted by Gasteiger charge is -2.10. The van der Waals surface area contributed by atoms with Gasteiger partial charge in [-0.2, -0.15) is 4.72 Å². The van der Waals surface area contributed by atoms with Crippen LogP contribution >= 0.6 is 46.4 Å². The quantitative estimate of drug-likeness (QED) is 0.602. The molecule has 0 fully saturated rings. The molecule has 2 aromatic rings. The number of hydrogen-bond donors (Lipinski definition) is 3. The Morgan fingerprint density at radius 2 is 1.08 bits per heavy atom. The van der Waals surface area contributed by atoms with Crippen LogP contribution in [0.25, 0.3) is 0 Å². The number of sulfone groups is 1.